The van der Waals surface area contributed by atoms with Crippen LogP contribution in [0, 0.1) is 12.3 Å². The molecule has 1 heterocycles. The number of nitrogens with one attached hydrogen (secondary N) is 1. The van der Waals surface area contributed by atoms with Crippen LogP contribution in [0.15, 0.2) is 4.99 Å². The van der Waals surface area contributed by atoms with E-state index in [0.29, 0.717) is 6.54 Å². The van der Waals surface area contributed by atoms with Crippen LogP contribution in [0.2, 0.25) is 0 Å². The van der Waals surface area contributed by atoms with E-state index in [0.717, 1.165) is 18.8 Å². The molecule has 2 nitrogen and oxygen atoms in total. The molecule has 0 saturated carbocycles. The van der Waals surface area contributed by atoms with Gasteiger partial charge in [0.25, 0.3) is 0 Å². The van der Waals surface area contributed by atoms with Crippen molar-refractivity contribution in [2.75, 3.05) is 13.1 Å². The molecule has 0 bridgehead atoms. The van der Waals surface area contributed by atoms with E-state index in [1.807, 2.05) is 0 Å². The SMILES string of the molecule is C#CCNC1=NCCCCC1. The highest BCUT2D eigenvalue weighted by atomic mass is 15.0. The van der Waals surface area contributed by atoms with E-state index >= 15 is 0 Å². The van der Waals surface area contributed by atoms with Gasteiger partial charge in [0.1, 0.15) is 0 Å². The molecule has 0 saturated heterocycles. The predicted molar refractivity (Wildman–Crippen MR) is 47.6 cm³/mol. The van der Waals surface area contributed by atoms with Crippen molar-refractivity contribution in [2.45, 2.75) is 25.7 Å². The standard InChI is InChI=1S/C9H14N2/c1-2-7-10-9-6-4-3-5-8-11-9/h1H,3-8H2,(H,10,11). The van der Waals surface area contributed by atoms with Gasteiger partial charge in [0.05, 0.1) is 12.4 Å². The van der Waals surface area contributed by atoms with E-state index in [1.54, 1.807) is 0 Å². The summed E-state index contributed by atoms with van der Waals surface area (Å²) >= 11 is 0. The smallest absolute Gasteiger partial charge is 0.0970 e. The van der Waals surface area contributed by atoms with Crippen LogP contribution in [0.5, 0.6) is 0 Å². The van der Waals surface area contributed by atoms with Crippen molar-refractivity contribution < 1.29 is 0 Å². The summed E-state index contributed by atoms with van der Waals surface area (Å²) in [6.45, 7) is 1.58. The van der Waals surface area contributed by atoms with Gasteiger partial charge in [-0.1, -0.05) is 12.3 Å². The first-order valence-corrected chi connectivity index (χ1v) is 4.14. The Morgan fingerprint density at radius 3 is 3.18 bits per heavy atom. The van der Waals surface area contributed by atoms with Crippen molar-refractivity contribution in [1.82, 2.24) is 5.32 Å². The minimum atomic E-state index is 0.610. The molecule has 0 spiro atoms. The third-order valence-electron chi connectivity index (χ3n) is 1.77. The summed E-state index contributed by atoms with van der Waals surface area (Å²) in [6.07, 6.45) is 9.95. The van der Waals surface area contributed by atoms with Gasteiger partial charge in [-0.05, 0) is 12.8 Å². The molecule has 60 valence electrons. The van der Waals surface area contributed by atoms with Crippen LogP contribution < -0.4 is 5.32 Å². The first-order chi connectivity index (χ1) is 5.43. The monoisotopic (exact) mass is 150 g/mol. The third kappa shape index (κ3) is 3.08. The minimum absolute atomic E-state index is 0.610. The Hall–Kier alpha value is -0.970. The van der Waals surface area contributed by atoms with Gasteiger partial charge < -0.3 is 5.32 Å². The van der Waals surface area contributed by atoms with Gasteiger partial charge in [0.2, 0.25) is 0 Å². The van der Waals surface area contributed by atoms with E-state index in [-0.39, 0.29) is 0 Å². The van der Waals surface area contributed by atoms with E-state index in [9.17, 15) is 0 Å². The van der Waals surface area contributed by atoms with Crippen molar-refractivity contribution in [3.05, 3.63) is 0 Å². The fraction of sp³-hybridized carbons (Fsp3) is 0.667. The maximum absolute atomic E-state index is 5.12. The number of terminal acetylenes is 1. The van der Waals surface area contributed by atoms with Gasteiger partial charge in [-0.2, -0.15) is 0 Å². The number of nitrogens with zero attached hydrogens (tertiary/aromatic N) is 1. The molecule has 1 rings (SSSR count). The normalized spacial score (nSPS) is 17.9. The first-order valence-electron chi connectivity index (χ1n) is 4.14. The second-order valence-electron chi connectivity index (χ2n) is 2.70. The molecule has 2 heteroatoms. The molecule has 0 aromatic carbocycles. The minimum Gasteiger partial charge on any atom is -0.363 e. The molecule has 0 fully saturated rings. The third-order valence-corrected chi connectivity index (χ3v) is 1.77. The Labute approximate surface area is 68.1 Å². The summed E-state index contributed by atoms with van der Waals surface area (Å²) in [5, 5.41) is 3.13. The molecule has 0 aliphatic carbocycles. The summed E-state index contributed by atoms with van der Waals surface area (Å²) in [7, 11) is 0. The van der Waals surface area contributed by atoms with Crippen molar-refractivity contribution >= 4 is 5.84 Å². The average molecular weight is 150 g/mol. The van der Waals surface area contributed by atoms with Gasteiger partial charge in [-0.15, -0.1) is 6.42 Å². The molecule has 0 radical (unpaired) electrons. The van der Waals surface area contributed by atoms with Gasteiger partial charge in [0.15, 0.2) is 0 Å². The lowest BCUT2D eigenvalue weighted by Crippen LogP contribution is -2.23. The van der Waals surface area contributed by atoms with Gasteiger partial charge >= 0.3 is 0 Å². The summed E-state index contributed by atoms with van der Waals surface area (Å²) in [5.41, 5.74) is 0. The van der Waals surface area contributed by atoms with Crippen molar-refractivity contribution in [3.8, 4) is 12.3 Å². The van der Waals surface area contributed by atoms with E-state index in [2.05, 4.69) is 16.2 Å². The second-order valence-corrected chi connectivity index (χ2v) is 2.70. The molecule has 1 aliphatic rings. The molecule has 0 aromatic rings. The van der Waals surface area contributed by atoms with Crippen LogP contribution in [-0.4, -0.2) is 18.9 Å². The number of hydrogen-bond acceptors (Lipinski definition) is 2. The maximum atomic E-state index is 5.12. The second kappa shape index (κ2) is 4.79. The molecule has 0 atom stereocenters. The van der Waals surface area contributed by atoms with Crippen molar-refractivity contribution in [1.29, 1.82) is 0 Å². The Bertz CT molecular complexity index is 176. The lowest BCUT2D eigenvalue weighted by molar-refractivity contribution is 0.729. The van der Waals surface area contributed by atoms with Crippen LogP contribution in [0.25, 0.3) is 0 Å². The van der Waals surface area contributed by atoms with Crippen molar-refractivity contribution in [2.24, 2.45) is 4.99 Å². The Balaban J connectivity index is 2.30. The zero-order chi connectivity index (χ0) is 7.94. The Morgan fingerprint density at radius 1 is 1.45 bits per heavy atom. The first kappa shape index (κ1) is 8.13. The Kier molecular flexibility index (Phi) is 3.54. The zero-order valence-electron chi connectivity index (χ0n) is 6.77. The number of rotatable bonds is 1. The molecule has 11 heavy (non-hydrogen) atoms. The molecular weight excluding hydrogens is 136 g/mol. The van der Waals surface area contributed by atoms with E-state index in [1.165, 1.54) is 19.3 Å². The van der Waals surface area contributed by atoms with E-state index in [4.69, 9.17) is 6.42 Å². The largest absolute Gasteiger partial charge is 0.363 e. The lowest BCUT2D eigenvalue weighted by atomic mass is 10.2. The van der Waals surface area contributed by atoms with Crippen LogP contribution in [0.4, 0.5) is 0 Å². The molecular formula is C9H14N2. The quantitative estimate of drug-likeness (QED) is 0.558. The fourth-order valence-corrected chi connectivity index (χ4v) is 1.17. The highest BCUT2D eigenvalue weighted by Gasteiger charge is 2.01. The molecule has 1 aliphatic heterocycles. The number of aliphatic imine (C=N–C) groups is 1. The summed E-state index contributed by atoms with van der Waals surface area (Å²) in [4.78, 5) is 4.37. The topological polar surface area (TPSA) is 24.4 Å². The Morgan fingerprint density at radius 2 is 2.36 bits per heavy atom. The lowest BCUT2D eigenvalue weighted by Gasteiger charge is -2.02. The van der Waals surface area contributed by atoms with E-state index < -0.39 is 0 Å². The zero-order valence-corrected chi connectivity index (χ0v) is 6.77. The summed E-state index contributed by atoms with van der Waals surface area (Å²) in [5.74, 6) is 3.64. The molecule has 0 aromatic heterocycles. The highest BCUT2D eigenvalue weighted by molar-refractivity contribution is 5.82. The maximum Gasteiger partial charge on any atom is 0.0970 e. The van der Waals surface area contributed by atoms with Crippen LogP contribution in [0.1, 0.15) is 25.7 Å². The van der Waals surface area contributed by atoms with Crippen LogP contribution >= 0.6 is 0 Å². The van der Waals surface area contributed by atoms with Crippen LogP contribution in [0.3, 0.4) is 0 Å². The highest BCUT2D eigenvalue weighted by Crippen LogP contribution is 2.05. The van der Waals surface area contributed by atoms with Crippen LogP contribution in [-0.2, 0) is 0 Å². The fourth-order valence-electron chi connectivity index (χ4n) is 1.17. The predicted octanol–water partition coefficient (Wildman–Crippen LogP) is 1.18. The van der Waals surface area contributed by atoms with Gasteiger partial charge in [0, 0.05) is 13.0 Å². The molecule has 1 N–H and O–H groups in total. The van der Waals surface area contributed by atoms with Gasteiger partial charge in [-0.25, -0.2) is 0 Å². The summed E-state index contributed by atoms with van der Waals surface area (Å²) in [6, 6.07) is 0. The van der Waals surface area contributed by atoms with Crippen molar-refractivity contribution in [3.63, 3.8) is 0 Å². The average Bonchev–Trinajstić information content (AvgIpc) is 2.28. The molecule has 0 amide bonds. The molecule has 0 unspecified atom stereocenters. The summed E-state index contributed by atoms with van der Waals surface area (Å²) < 4.78 is 0. The number of hydrogen-bond donors (Lipinski definition) is 1. The number of amidine groups is 1. The van der Waals surface area contributed by atoms with Gasteiger partial charge in [-0.3, -0.25) is 4.99 Å².